The number of aromatic nitrogens is 6. The Bertz CT molecular complexity index is 4340. The maximum absolute atomic E-state index is 15.4. The summed E-state index contributed by atoms with van der Waals surface area (Å²) in [6.07, 6.45) is -4.57. The van der Waals surface area contributed by atoms with Crippen LogP contribution in [0.4, 0.5) is 32.3 Å². The number of hydrogen-bond donors (Lipinski definition) is 6. The van der Waals surface area contributed by atoms with E-state index in [0.717, 1.165) is 66.3 Å². The highest BCUT2D eigenvalue weighted by molar-refractivity contribution is 7.48. The molecular weight excluding hydrogens is 1760 g/mol. The third kappa shape index (κ3) is 27.3. The number of ether oxygens (including phenoxy) is 23. The zero-order chi connectivity index (χ0) is 91.9. The highest BCUT2D eigenvalue weighted by Gasteiger charge is 2.74. The second kappa shape index (κ2) is 48.3. The number of alkyl halides is 3. The van der Waals surface area contributed by atoms with Crippen molar-refractivity contribution in [2.45, 2.75) is 154 Å². The molecule has 716 valence electrons. The van der Waals surface area contributed by atoms with Gasteiger partial charge in [0, 0.05) is 90.9 Å². The number of H-pyrrole nitrogens is 3. The molecule has 6 N–H and O–H groups in total. The summed E-state index contributed by atoms with van der Waals surface area (Å²) in [5, 5.41) is 31.7. The van der Waals surface area contributed by atoms with Crippen molar-refractivity contribution in [2.24, 2.45) is 0 Å². The van der Waals surface area contributed by atoms with Gasteiger partial charge < -0.3 is 124 Å². The van der Waals surface area contributed by atoms with Crippen molar-refractivity contribution in [2.75, 3.05) is 201 Å². The summed E-state index contributed by atoms with van der Waals surface area (Å²) in [4.78, 5) is 126. The largest absolute Gasteiger partial charge is 0.510 e. The minimum absolute atomic E-state index is 0.000346. The molecule has 1 unspecified atom stereocenters. The zero-order valence-electron chi connectivity index (χ0n) is 69.9. The molecule has 2 saturated carbocycles. The lowest BCUT2D eigenvalue weighted by Crippen LogP contribution is -2.53. The highest BCUT2D eigenvalue weighted by Crippen LogP contribution is 2.62. The summed E-state index contributed by atoms with van der Waals surface area (Å²) < 4.78 is 225. The minimum atomic E-state index is -5.00. The summed E-state index contributed by atoms with van der Waals surface area (Å²) in [5.74, 6) is -1.99. The molecule has 0 aromatic carbocycles. The number of phosphoric acid groups is 2. The quantitative estimate of drug-likeness (QED) is 0.0154. The normalized spacial score (nSPS) is 26.7. The van der Waals surface area contributed by atoms with E-state index in [1.54, 1.807) is 13.8 Å². The van der Waals surface area contributed by atoms with Gasteiger partial charge in [0.2, 0.25) is 27.2 Å². The first-order chi connectivity index (χ1) is 60.2. The van der Waals surface area contributed by atoms with E-state index in [4.69, 9.17) is 127 Å². The van der Waals surface area contributed by atoms with Gasteiger partial charge >= 0.3 is 57.3 Å². The maximum Gasteiger partial charge on any atom is 0.510 e. The molecule has 10 rings (SSSR count). The van der Waals surface area contributed by atoms with Crippen LogP contribution in [0.25, 0.3) is 0 Å². The number of phosphoric ester groups is 2. The Morgan fingerprint density at radius 2 is 0.706 bits per heavy atom. The third-order valence-electron chi connectivity index (χ3n) is 20.0. The maximum atomic E-state index is 15.4. The molecule has 55 heteroatoms. The fourth-order valence-corrected chi connectivity index (χ4v) is 16.0. The van der Waals surface area contributed by atoms with Crippen LogP contribution in [0.15, 0.2) is 65.6 Å². The van der Waals surface area contributed by atoms with E-state index in [0.29, 0.717) is 56.7 Å². The van der Waals surface area contributed by atoms with Crippen molar-refractivity contribution >= 4 is 40.3 Å². The molecule has 0 radical (unpaired) electrons. The smallest absolute Gasteiger partial charge is 0.432 e. The molecule has 50 nitrogen and oxygen atoms in total. The van der Waals surface area contributed by atoms with Crippen LogP contribution in [-0.4, -0.2) is 333 Å². The summed E-state index contributed by atoms with van der Waals surface area (Å²) in [5.41, 5.74) is -16.0. The molecule has 7 aliphatic rings. The number of nitrogens with zero attached hydrogens (tertiary/aromatic N) is 3. The van der Waals surface area contributed by atoms with Crippen LogP contribution in [0.2, 0.25) is 0 Å². The second-order valence-corrected chi connectivity index (χ2v) is 32.3. The topological polar surface area (TPSA) is 595 Å². The average Bonchev–Trinajstić information content (AvgIpc) is 1.54. The van der Waals surface area contributed by atoms with Crippen LogP contribution < -0.4 is 33.7 Å². The fraction of sp³-hybridized carbons (Fsp3) is 0.775. The number of methoxy groups -OCH3 is 4. The minimum Gasteiger partial charge on any atom is -0.432 e. The second-order valence-electron chi connectivity index (χ2n) is 29.0. The third-order valence-corrected chi connectivity index (χ3v) is 22.6. The Morgan fingerprint density at radius 1 is 0.421 bits per heavy atom. The first-order valence-corrected chi connectivity index (χ1v) is 42.0. The molecule has 2 aliphatic carbocycles. The van der Waals surface area contributed by atoms with E-state index in [1.165, 1.54) is 40.7 Å². The molecule has 7 fully saturated rings. The molecule has 8 heterocycles. The predicted molar refractivity (Wildman–Crippen MR) is 407 cm³/mol. The molecule has 2 spiro atoms. The molecule has 12 atom stereocenters. The van der Waals surface area contributed by atoms with Gasteiger partial charge in [-0.15, -0.1) is 0 Å². The summed E-state index contributed by atoms with van der Waals surface area (Å²) in [7, 11) is -4.00. The van der Waals surface area contributed by atoms with Gasteiger partial charge in [-0.2, -0.15) is 0 Å². The van der Waals surface area contributed by atoms with Crippen molar-refractivity contribution in [1.82, 2.24) is 28.7 Å². The molecule has 0 bridgehead atoms. The van der Waals surface area contributed by atoms with Crippen LogP contribution in [0, 0.1) is 0 Å². The summed E-state index contributed by atoms with van der Waals surface area (Å²) >= 11 is 0. The first-order valence-electron chi connectivity index (χ1n) is 39.1. The standard InChI is InChI=1S/C30H46FN2O19P.C25H40FN2O19P.C16H21FN2O6/c1-28-23(50-30(52-28)7-4-5-8-30)29(18-31,51-24(28)33-9-6-22(34)32-25(33)35)19-47-53(38,48-20-45-26(36)43-16-14-41-12-10-39-2)49-21-46-27(37)44-17-15-42-13-11-40-3;1-24(34)19(30)25(14-26,47-20(24)28-5-4-18(29)27-21(28)31)15-44-48(35,45-16-42-22(32)40-12-10-38-8-6-36-2)46-17-43-23(33)41-13-11-39-9-7-37-3;1-14-11(23-16(25-14)5-2-3-6-16)15(8-17,9-20)24-12(14)19-7-4-10(21)18-13(19)22/h6,9,23-24H,4-5,7-8,10-21H2,1-3H3,(H,32,34,35);4-5,19-20,30,34H,6-17H2,1-3H3,(H,27,29,31);4,7,11-12,20H,2-3,5-6,8-9H2,1H3,(H,18,21,22)/t23-,24+,28+,29+;19-,20+,24+,25+;11?,12-,14-,15-/m001/s1. The molecule has 3 aromatic heterocycles. The van der Waals surface area contributed by atoms with Crippen molar-refractivity contribution in [1.29, 1.82) is 0 Å². The van der Waals surface area contributed by atoms with E-state index in [1.807, 2.05) is 4.98 Å². The number of halogens is 3. The Hall–Kier alpha value is -7.59. The van der Waals surface area contributed by atoms with E-state index in [2.05, 4.69) is 19.4 Å². The van der Waals surface area contributed by atoms with Crippen LogP contribution in [0.5, 0.6) is 0 Å². The number of carbonyl (C=O) groups excluding carboxylic acids is 4. The van der Waals surface area contributed by atoms with Crippen LogP contribution in [-0.2, 0) is 145 Å². The molecule has 126 heavy (non-hydrogen) atoms. The number of rotatable bonds is 49. The van der Waals surface area contributed by atoms with Crippen LogP contribution >= 0.6 is 15.6 Å². The van der Waals surface area contributed by atoms with Gasteiger partial charge in [0.15, 0.2) is 47.1 Å². The van der Waals surface area contributed by atoms with Gasteiger partial charge in [-0.25, -0.2) is 74.0 Å². The van der Waals surface area contributed by atoms with Gasteiger partial charge in [-0.3, -0.25) is 52.1 Å². The number of aliphatic hydroxyl groups excluding tert-OH is 2. The van der Waals surface area contributed by atoms with E-state index < -0.39 is 223 Å². The number of aliphatic hydroxyl groups is 3. The zero-order valence-corrected chi connectivity index (χ0v) is 71.7. The van der Waals surface area contributed by atoms with E-state index >= 15 is 4.39 Å². The lowest BCUT2D eigenvalue weighted by molar-refractivity contribution is -0.253. The van der Waals surface area contributed by atoms with Gasteiger partial charge in [0.1, 0.15) is 81.6 Å². The first kappa shape index (κ1) is 104. The molecule has 0 amide bonds. The van der Waals surface area contributed by atoms with Gasteiger partial charge in [-0.05, 0) is 46.5 Å². The number of hydrogen-bond acceptors (Lipinski definition) is 44. The summed E-state index contributed by atoms with van der Waals surface area (Å²) in [6.45, 7) is -5.25. The van der Waals surface area contributed by atoms with Gasteiger partial charge in [0.25, 0.3) is 16.7 Å². The number of carbonyl (C=O) groups is 4. The Morgan fingerprint density at radius 3 is 1.01 bits per heavy atom. The lowest BCUT2D eigenvalue weighted by atomic mass is 9.88. The Kier molecular flexibility index (Phi) is 39.8. The number of aromatic amines is 3. The molecule has 3 aromatic rings. The Labute approximate surface area is 714 Å². The van der Waals surface area contributed by atoms with Gasteiger partial charge in [0.05, 0.1) is 99.1 Å². The molecular formula is C71H107F3N6O44P2. The average molecular weight is 1870 g/mol. The molecule has 5 aliphatic heterocycles. The lowest BCUT2D eigenvalue weighted by Gasteiger charge is -2.34. The molecule has 5 saturated heterocycles. The van der Waals surface area contributed by atoms with Crippen molar-refractivity contribution < 1.29 is 193 Å². The van der Waals surface area contributed by atoms with Crippen molar-refractivity contribution in [3.05, 3.63) is 99.3 Å². The van der Waals surface area contributed by atoms with Crippen LogP contribution in [0.1, 0.15) is 90.8 Å². The Balaban J connectivity index is 0.000000247. The highest BCUT2D eigenvalue weighted by atomic mass is 31.2. The van der Waals surface area contributed by atoms with Crippen molar-refractivity contribution in [3.8, 4) is 0 Å². The SMILES string of the molecule is COCCOCCOC(=O)OCOP(=O)(OCOC(=O)OCCOCCOC)OC[C@@]1(CF)O[C@@H](n2ccc(=O)[nH]c2=O)[C@](C)(O)[C@@H]1O.COCCOCCOC(=O)OCOP(=O)(OCOC(=O)OCCOCCOC)OC[C@@]1(CF)O[C@@H](n2ccc(=O)[nH]c2=O)[C@]2(C)OC3(CCCC3)O[C@H]12.C[C@@]12OC3(CCCC3)OC1[C@](CO)(CF)O[C@H]2n1ccc(=O)[nH]c1=O. The summed E-state index contributed by atoms with van der Waals surface area (Å²) in [6, 6.07) is 3.16. The monoisotopic (exact) mass is 1870 g/mol. The number of nitrogens with one attached hydrogen (secondary N) is 3. The van der Waals surface area contributed by atoms with E-state index in [9.17, 15) is 81.2 Å². The fourth-order valence-electron chi connectivity index (χ4n) is 14.0. The van der Waals surface area contributed by atoms with Crippen molar-refractivity contribution in [3.63, 3.8) is 0 Å². The predicted octanol–water partition coefficient (Wildman–Crippen LogP) is 1.72. The van der Waals surface area contributed by atoms with Crippen LogP contribution in [0.3, 0.4) is 0 Å². The van der Waals surface area contributed by atoms with Gasteiger partial charge in [-0.1, -0.05) is 0 Å². The number of fused-ring (bicyclic) bond motifs is 2. The van der Waals surface area contributed by atoms with E-state index in [-0.39, 0.29) is 79.3 Å².